The third kappa shape index (κ3) is 1.45. The first-order valence-corrected chi connectivity index (χ1v) is 5.38. The van der Waals surface area contributed by atoms with Crippen molar-refractivity contribution >= 4 is 0 Å². The molecule has 0 aromatic carbocycles. The number of hydrogen-bond donors (Lipinski definition) is 0. The molecule has 2 fully saturated rings. The highest BCUT2D eigenvalue weighted by Gasteiger charge is 2.31. The molecule has 0 heteroatoms. The summed E-state index contributed by atoms with van der Waals surface area (Å²) in [6, 6.07) is 0. The van der Waals surface area contributed by atoms with Gasteiger partial charge in [0.15, 0.2) is 0 Å². The molecule has 0 heterocycles. The summed E-state index contributed by atoms with van der Waals surface area (Å²) in [6.45, 7) is 2.47. The molecule has 0 aromatic heterocycles. The minimum absolute atomic E-state index is 1.05. The maximum absolute atomic E-state index is 2.47. The third-order valence-electron chi connectivity index (χ3n) is 3.93. The predicted octanol–water partition coefficient (Wildman–Crippen LogP) is 3.61. The van der Waals surface area contributed by atoms with Gasteiger partial charge in [-0.15, -0.1) is 0 Å². The number of rotatable bonds is 0. The Morgan fingerprint density at radius 2 is 1.55 bits per heavy atom. The van der Waals surface area contributed by atoms with Crippen LogP contribution in [0.5, 0.6) is 0 Å². The fourth-order valence-electron chi connectivity index (χ4n) is 3.26. The SMILES string of the molecule is C[C@H]1CCCC2CCCCC21. The lowest BCUT2D eigenvalue weighted by Crippen LogP contribution is -2.29. The van der Waals surface area contributed by atoms with E-state index in [4.69, 9.17) is 0 Å². The van der Waals surface area contributed by atoms with E-state index in [0.29, 0.717) is 0 Å². The Balaban J connectivity index is 1.99. The molecule has 3 atom stereocenters. The van der Waals surface area contributed by atoms with E-state index in [1.807, 2.05) is 0 Å². The van der Waals surface area contributed by atoms with Crippen LogP contribution in [-0.4, -0.2) is 0 Å². The zero-order valence-corrected chi connectivity index (χ0v) is 7.68. The zero-order chi connectivity index (χ0) is 7.68. The van der Waals surface area contributed by atoms with Gasteiger partial charge in [0.05, 0.1) is 0 Å². The van der Waals surface area contributed by atoms with Crippen LogP contribution in [0.2, 0.25) is 0 Å². The lowest BCUT2D eigenvalue weighted by atomic mass is 9.66. The molecule has 0 amide bonds. The van der Waals surface area contributed by atoms with Crippen LogP contribution in [0.15, 0.2) is 0 Å². The largest absolute Gasteiger partial charge is 0.0622 e. The smallest absolute Gasteiger partial charge is 0.0360 e. The van der Waals surface area contributed by atoms with E-state index < -0.39 is 0 Å². The monoisotopic (exact) mass is 152 g/mol. The number of hydrogen-bond acceptors (Lipinski definition) is 0. The van der Waals surface area contributed by atoms with Crippen molar-refractivity contribution in [1.29, 1.82) is 0 Å². The van der Waals surface area contributed by atoms with Crippen LogP contribution in [0.3, 0.4) is 0 Å². The Labute approximate surface area is 70.4 Å². The predicted molar refractivity (Wildman–Crippen MR) is 48.5 cm³/mol. The molecule has 0 spiro atoms. The van der Waals surface area contributed by atoms with Gasteiger partial charge in [0.1, 0.15) is 0 Å². The van der Waals surface area contributed by atoms with E-state index in [0.717, 1.165) is 17.8 Å². The molecule has 0 bridgehead atoms. The summed E-state index contributed by atoms with van der Waals surface area (Å²) in [6.07, 6.45) is 10.7. The molecule has 64 valence electrons. The summed E-state index contributed by atoms with van der Waals surface area (Å²) in [5, 5.41) is 0. The van der Waals surface area contributed by atoms with Gasteiger partial charge in [0, 0.05) is 0 Å². The Morgan fingerprint density at radius 3 is 2.36 bits per heavy atom. The quantitative estimate of drug-likeness (QED) is 0.497. The van der Waals surface area contributed by atoms with E-state index >= 15 is 0 Å². The summed E-state index contributed by atoms with van der Waals surface area (Å²) in [4.78, 5) is 0. The average molecular weight is 152 g/mol. The zero-order valence-electron chi connectivity index (χ0n) is 7.68. The Bertz CT molecular complexity index is 126. The van der Waals surface area contributed by atoms with E-state index in [-0.39, 0.29) is 0 Å². The van der Waals surface area contributed by atoms with E-state index in [9.17, 15) is 0 Å². The molecule has 0 nitrogen and oxygen atoms in total. The van der Waals surface area contributed by atoms with Crippen LogP contribution < -0.4 is 0 Å². The first-order chi connectivity index (χ1) is 5.38. The molecule has 2 rings (SSSR count). The van der Waals surface area contributed by atoms with Crippen molar-refractivity contribution in [2.45, 2.75) is 51.9 Å². The summed E-state index contributed by atoms with van der Waals surface area (Å²) < 4.78 is 0. The van der Waals surface area contributed by atoms with E-state index in [2.05, 4.69) is 6.92 Å². The van der Waals surface area contributed by atoms with Crippen molar-refractivity contribution in [1.82, 2.24) is 0 Å². The third-order valence-corrected chi connectivity index (χ3v) is 3.93. The fourth-order valence-corrected chi connectivity index (χ4v) is 3.26. The van der Waals surface area contributed by atoms with Gasteiger partial charge in [-0.2, -0.15) is 0 Å². The van der Waals surface area contributed by atoms with Crippen molar-refractivity contribution in [2.24, 2.45) is 17.8 Å². The molecule has 0 aromatic rings. The lowest BCUT2D eigenvalue weighted by molar-refractivity contribution is 0.114. The number of fused-ring (bicyclic) bond motifs is 1. The van der Waals surface area contributed by atoms with Gasteiger partial charge < -0.3 is 0 Å². The van der Waals surface area contributed by atoms with Crippen molar-refractivity contribution in [2.75, 3.05) is 0 Å². The molecule has 0 saturated heterocycles. The molecular formula is C11H20. The van der Waals surface area contributed by atoms with Gasteiger partial charge in [-0.1, -0.05) is 45.4 Å². The Hall–Kier alpha value is 0. The van der Waals surface area contributed by atoms with Gasteiger partial charge in [-0.05, 0) is 24.2 Å². The van der Waals surface area contributed by atoms with Crippen LogP contribution in [0.4, 0.5) is 0 Å². The second kappa shape index (κ2) is 3.16. The molecule has 2 aliphatic rings. The minimum atomic E-state index is 1.05. The van der Waals surface area contributed by atoms with Crippen molar-refractivity contribution in [3.63, 3.8) is 0 Å². The fraction of sp³-hybridized carbons (Fsp3) is 1.00. The molecule has 0 N–H and O–H groups in total. The molecular weight excluding hydrogens is 132 g/mol. The van der Waals surface area contributed by atoms with Crippen molar-refractivity contribution < 1.29 is 0 Å². The highest BCUT2D eigenvalue weighted by atomic mass is 14.4. The first kappa shape index (κ1) is 7.64. The minimum Gasteiger partial charge on any atom is -0.0622 e. The average Bonchev–Trinajstić information content (AvgIpc) is 2.06. The second-order valence-electron chi connectivity index (χ2n) is 4.62. The maximum atomic E-state index is 2.47. The van der Waals surface area contributed by atoms with Gasteiger partial charge >= 0.3 is 0 Å². The van der Waals surface area contributed by atoms with Crippen molar-refractivity contribution in [3.05, 3.63) is 0 Å². The lowest BCUT2D eigenvalue weighted by Gasteiger charge is -2.39. The van der Waals surface area contributed by atoms with Gasteiger partial charge in [0.25, 0.3) is 0 Å². The van der Waals surface area contributed by atoms with Gasteiger partial charge in [-0.3, -0.25) is 0 Å². The normalized spacial score (nSPS) is 45.0. The molecule has 2 saturated carbocycles. The molecule has 0 radical (unpaired) electrons. The Kier molecular flexibility index (Phi) is 2.20. The standard InChI is InChI=1S/C11H20/c1-9-5-4-7-10-6-2-3-8-11(9)10/h9-11H,2-8H2,1H3/t9-,10?,11?/m0/s1. The van der Waals surface area contributed by atoms with E-state index in [1.165, 1.54) is 25.7 Å². The van der Waals surface area contributed by atoms with Crippen LogP contribution in [0, 0.1) is 17.8 Å². The molecule has 11 heavy (non-hydrogen) atoms. The van der Waals surface area contributed by atoms with Crippen LogP contribution in [-0.2, 0) is 0 Å². The van der Waals surface area contributed by atoms with Gasteiger partial charge in [0.2, 0.25) is 0 Å². The highest BCUT2D eigenvalue weighted by molar-refractivity contribution is 4.82. The summed E-state index contributed by atoms with van der Waals surface area (Å²) in [7, 11) is 0. The topological polar surface area (TPSA) is 0 Å². The van der Waals surface area contributed by atoms with Gasteiger partial charge in [-0.25, -0.2) is 0 Å². The molecule has 2 aliphatic carbocycles. The molecule has 2 unspecified atom stereocenters. The Morgan fingerprint density at radius 1 is 0.818 bits per heavy atom. The van der Waals surface area contributed by atoms with Crippen molar-refractivity contribution in [3.8, 4) is 0 Å². The summed E-state index contributed by atoms with van der Waals surface area (Å²) >= 11 is 0. The van der Waals surface area contributed by atoms with Crippen LogP contribution in [0.25, 0.3) is 0 Å². The summed E-state index contributed by atoms with van der Waals surface area (Å²) in [5.41, 5.74) is 0. The van der Waals surface area contributed by atoms with Crippen LogP contribution >= 0.6 is 0 Å². The summed E-state index contributed by atoms with van der Waals surface area (Å²) in [5.74, 6) is 3.30. The highest BCUT2D eigenvalue weighted by Crippen LogP contribution is 2.43. The second-order valence-corrected chi connectivity index (χ2v) is 4.62. The van der Waals surface area contributed by atoms with Crippen LogP contribution in [0.1, 0.15) is 51.9 Å². The molecule has 0 aliphatic heterocycles. The van der Waals surface area contributed by atoms with E-state index in [1.54, 1.807) is 19.3 Å². The maximum Gasteiger partial charge on any atom is -0.0360 e. The first-order valence-electron chi connectivity index (χ1n) is 5.38.